The SMILES string of the molecule is Cl.O=C(COc1ccccc1)NCC(=O)N1CCCNCC1. The van der Waals surface area contributed by atoms with Crippen molar-refractivity contribution in [3.8, 4) is 5.75 Å². The lowest BCUT2D eigenvalue weighted by Crippen LogP contribution is -2.42. The van der Waals surface area contributed by atoms with Gasteiger partial charge in [0.25, 0.3) is 5.91 Å². The third kappa shape index (κ3) is 6.32. The standard InChI is InChI=1S/C15H21N3O3.ClH/c19-14(12-21-13-5-2-1-3-6-13)17-11-15(20)18-9-4-7-16-8-10-18;/h1-3,5-6,16H,4,7-12H2,(H,17,19);1H. The van der Waals surface area contributed by atoms with Crippen LogP contribution in [0.2, 0.25) is 0 Å². The van der Waals surface area contributed by atoms with E-state index >= 15 is 0 Å². The Morgan fingerprint density at radius 3 is 2.73 bits per heavy atom. The number of halogens is 1. The van der Waals surface area contributed by atoms with Gasteiger partial charge in [0.2, 0.25) is 5.91 Å². The van der Waals surface area contributed by atoms with E-state index < -0.39 is 0 Å². The fourth-order valence-electron chi connectivity index (χ4n) is 2.10. The van der Waals surface area contributed by atoms with Crippen molar-refractivity contribution in [2.45, 2.75) is 6.42 Å². The molecule has 0 saturated carbocycles. The molecule has 2 N–H and O–H groups in total. The van der Waals surface area contributed by atoms with Crippen LogP contribution in [0, 0.1) is 0 Å². The number of hydrogen-bond donors (Lipinski definition) is 2. The minimum absolute atomic E-state index is 0. The monoisotopic (exact) mass is 327 g/mol. The van der Waals surface area contributed by atoms with Gasteiger partial charge in [-0.3, -0.25) is 9.59 Å². The Balaban J connectivity index is 0.00000242. The molecular formula is C15H22ClN3O3. The summed E-state index contributed by atoms with van der Waals surface area (Å²) in [4.78, 5) is 25.4. The van der Waals surface area contributed by atoms with E-state index in [2.05, 4.69) is 10.6 Å². The summed E-state index contributed by atoms with van der Waals surface area (Å²) in [5.74, 6) is 0.296. The van der Waals surface area contributed by atoms with Gasteiger partial charge in [-0.1, -0.05) is 18.2 Å². The normalized spacial score (nSPS) is 14.5. The Labute approximate surface area is 136 Å². The molecule has 1 aliphatic rings. The zero-order valence-corrected chi connectivity index (χ0v) is 13.2. The number of rotatable bonds is 5. The average molecular weight is 328 g/mol. The minimum atomic E-state index is -0.292. The number of nitrogens with one attached hydrogen (secondary N) is 2. The highest BCUT2D eigenvalue weighted by atomic mass is 35.5. The molecule has 0 radical (unpaired) electrons. The molecule has 6 nitrogen and oxygen atoms in total. The number of para-hydroxylation sites is 1. The molecule has 2 rings (SSSR count). The lowest BCUT2D eigenvalue weighted by molar-refractivity contribution is -0.133. The van der Waals surface area contributed by atoms with Crippen LogP contribution in [-0.2, 0) is 9.59 Å². The molecule has 0 atom stereocenters. The van der Waals surface area contributed by atoms with E-state index in [0.717, 1.165) is 26.1 Å². The number of benzene rings is 1. The van der Waals surface area contributed by atoms with E-state index in [0.29, 0.717) is 12.3 Å². The van der Waals surface area contributed by atoms with E-state index in [1.54, 1.807) is 17.0 Å². The number of carbonyl (C=O) groups excluding carboxylic acids is 2. The van der Waals surface area contributed by atoms with Crippen molar-refractivity contribution in [3.05, 3.63) is 30.3 Å². The summed E-state index contributed by atoms with van der Waals surface area (Å²) in [6, 6.07) is 9.11. The van der Waals surface area contributed by atoms with E-state index in [1.165, 1.54) is 0 Å². The van der Waals surface area contributed by atoms with Crippen molar-refractivity contribution >= 4 is 24.2 Å². The highest BCUT2D eigenvalue weighted by Gasteiger charge is 2.15. The van der Waals surface area contributed by atoms with Gasteiger partial charge in [0.05, 0.1) is 6.54 Å². The molecule has 1 fully saturated rings. The van der Waals surface area contributed by atoms with Gasteiger partial charge in [-0.05, 0) is 25.1 Å². The van der Waals surface area contributed by atoms with Crippen LogP contribution < -0.4 is 15.4 Å². The lowest BCUT2D eigenvalue weighted by Gasteiger charge is -2.20. The van der Waals surface area contributed by atoms with Gasteiger partial charge >= 0.3 is 0 Å². The van der Waals surface area contributed by atoms with Crippen molar-refractivity contribution in [1.29, 1.82) is 0 Å². The van der Waals surface area contributed by atoms with Crippen LogP contribution in [-0.4, -0.2) is 56.0 Å². The molecule has 1 heterocycles. The predicted octanol–water partition coefficient (Wildman–Crippen LogP) is 0.425. The summed E-state index contributed by atoms with van der Waals surface area (Å²) >= 11 is 0. The molecule has 0 unspecified atom stereocenters. The quantitative estimate of drug-likeness (QED) is 0.822. The Morgan fingerprint density at radius 1 is 1.18 bits per heavy atom. The fourth-order valence-corrected chi connectivity index (χ4v) is 2.10. The van der Waals surface area contributed by atoms with E-state index in [9.17, 15) is 9.59 Å². The van der Waals surface area contributed by atoms with Crippen LogP contribution in [0.15, 0.2) is 30.3 Å². The summed E-state index contributed by atoms with van der Waals surface area (Å²) in [6.45, 7) is 3.10. The Morgan fingerprint density at radius 2 is 1.95 bits per heavy atom. The van der Waals surface area contributed by atoms with Gasteiger partial charge in [0, 0.05) is 19.6 Å². The van der Waals surface area contributed by atoms with Gasteiger partial charge in [0.1, 0.15) is 5.75 Å². The topological polar surface area (TPSA) is 70.7 Å². The molecule has 0 bridgehead atoms. The first kappa shape index (κ1) is 18.3. The van der Waals surface area contributed by atoms with Crippen molar-refractivity contribution in [2.75, 3.05) is 39.3 Å². The molecular weight excluding hydrogens is 306 g/mol. The first-order valence-corrected chi connectivity index (χ1v) is 7.19. The highest BCUT2D eigenvalue weighted by Crippen LogP contribution is 2.07. The maximum absolute atomic E-state index is 12.0. The molecule has 7 heteroatoms. The lowest BCUT2D eigenvalue weighted by atomic mass is 10.3. The molecule has 1 aromatic rings. The molecule has 0 aromatic heterocycles. The van der Waals surface area contributed by atoms with Crippen LogP contribution in [0.25, 0.3) is 0 Å². The first-order valence-electron chi connectivity index (χ1n) is 7.19. The summed E-state index contributed by atoms with van der Waals surface area (Å²) in [5.41, 5.74) is 0. The number of hydrogen-bond acceptors (Lipinski definition) is 4. The summed E-state index contributed by atoms with van der Waals surface area (Å²) < 4.78 is 5.32. The Kier molecular flexibility index (Phi) is 8.32. The summed E-state index contributed by atoms with van der Waals surface area (Å²) in [7, 11) is 0. The highest BCUT2D eigenvalue weighted by molar-refractivity contribution is 5.85. The molecule has 122 valence electrons. The van der Waals surface area contributed by atoms with Crippen molar-refractivity contribution in [2.24, 2.45) is 0 Å². The molecule has 1 aliphatic heterocycles. The summed E-state index contributed by atoms with van der Waals surface area (Å²) in [5, 5.41) is 5.83. The number of ether oxygens (including phenoxy) is 1. The Hall–Kier alpha value is -1.79. The third-order valence-electron chi connectivity index (χ3n) is 3.24. The minimum Gasteiger partial charge on any atom is -0.484 e. The van der Waals surface area contributed by atoms with E-state index in [-0.39, 0.29) is 37.4 Å². The average Bonchev–Trinajstić information content (AvgIpc) is 2.81. The second-order valence-electron chi connectivity index (χ2n) is 4.86. The molecule has 1 aromatic carbocycles. The summed E-state index contributed by atoms with van der Waals surface area (Å²) in [6.07, 6.45) is 0.941. The van der Waals surface area contributed by atoms with Gasteiger partial charge in [-0.25, -0.2) is 0 Å². The van der Waals surface area contributed by atoms with Crippen molar-refractivity contribution in [3.63, 3.8) is 0 Å². The molecule has 22 heavy (non-hydrogen) atoms. The molecule has 0 spiro atoms. The van der Waals surface area contributed by atoms with Crippen LogP contribution in [0.1, 0.15) is 6.42 Å². The molecule has 0 aliphatic carbocycles. The van der Waals surface area contributed by atoms with Crippen LogP contribution >= 0.6 is 12.4 Å². The maximum Gasteiger partial charge on any atom is 0.258 e. The second kappa shape index (κ2) is 10.0. The number of amides is 2. The van der Waals surface area contributed by atoms with E-state index in [4.69, 9.17) is 4.74 Å². The maximum atomic E-state index is 12.0. The zero-order valence-electron chi connectivity index (χ0n) is 12.4. The number of carbonyl (C=O) groups is 2. The molecule has 1 saturated heterocycles. The predicted molar refractivity (Wildman–Crippen MR) is 86.3 cm³/mol. The van der Waals surface area contributed by atoms with Gasteiger partial charge in [-0.2, -0.15) is 0 Å². The number of nitrogens with zero attached hydrogens (tertiary/aromatic N) is 1. The van der Waals surface area contributed by atoms with Crippen LogP contribution in [0.4, 0.5) is 0 Å². The first-order chi connectivity index (χ1) is 10.3. The third-order valence-corrected chi connectivity index (χ3v) is 3.24. The van der Waals surface area contributed by atoms with Crippen molar-refractivity contribution < 1.29 is 14.3 Å². The fraction of sp³-hybridized carbons (Fsp3) is 0.467. The van der Waals surface area contributed by atoms with Gasteiger partial charge in [-0.15, -0.1) is 12.4 Å². The molecule has 2 amide bonds. The van der Waals surface area contributed by atoms with E-state index in [1.807, 2.05) is 18.2 Å². The van der Waals surface area contributed by atoms with Gasteiger partial charge < -0.3 is 20.3 Å². The second-order valence-corrected chi connectivity index (χ2v) is 4.86. The smallest absolute Gasteiger partial charge is 0.258 e. The van der Waals surface area contributed by atoms with Gasteiger partial charge in [0.15, 0.2) is 6.61 Å². The van der Waals surface area contributed by atoms with Crippen LogP contribution in [0.3, 0.4) is 0 Å². The zero-order chi connectivity index (χ0) is 14.9. The Bertz CT molecular complexity index is 462. The van der Waals surface area contributed by atoms with Crippen LogP contribution in [0.5, 0.6) is 5.75 Å². The van der Waals surface area contributed by atoms with Crippen molar-refractivity contribution in [1.82, 2.24) is 15.5 Å². The largest absolute Gasteiger partial charge is 0.484 e.